The van der Waals surface area contributed by atoms with Crippen LogP contribution in [0.2, 0.25) is 5.02 Å². The van der Waals surface area contributed by atoms with Gasteiger partial charge in [0.25, 0.3) is 0 Å². The second-order valence-corrected chi connectivity index (χ2v) is 5.60. The molecule has 0 saturated heterocycles. The van der Waals surface area contributed by atoms with Gasteiger partial charge in [-0.3, -0.25) is 0 Å². The highest BCUT2D eigenvalue weighted by Gasteiger charge is 2.25. The second kappa shape index (κ2) is 6.62. The average Bonchev–Trinajstić information content (AvgIpc) is 2.33. The van der Waals surface area contributed by atoms with Crippen molar-refractivity contribution in [3.63, 3.8) is 0 Å². The van der Waals surface area contributed by atoms with E-state index in [9.17, 15) is 0 Å². The largest absolute Gasteiger partial charge is 0.378 e. The predicted octanol–water partition coefficient (Wildman–Crippen LogP) is 4.42. The third-order valence-corrected chi connectivity index (χ3v) is 4.36. The van der Waals surface area contributed by atoms with E-state index in [0.29, 0.717) is 11.6 Å². The second-order valence-electron chi connectivity index (χ2n) is 4.34. The van der Waals surface area contributed by atoms with Gasteiger partial charge in [-0.25, -0.2) is 0 Å². The smallest absolute Gasteiger partial charge is 0.0568 e. The number of hydrogen-bond acceptors (Lipinski definition) is 2. The van der Waals surface area contributed by atoms with E-state index in [0.717, 1.165) is 29.4 Å². The fraction of sp³-hybridized carbons (Fsp3) is 0.538. The van der Waals surface area contributed by atoms with Crippen molar-refractivity contribution in [3.05, 3.63) is 27.7 Å². The minimum absolute atomic E-state index is 0.0219. The first-order valence-electron chi connectivity index (χ1n) is 6.00. The lowest BCUT2D eigenvalue weighted by molar-refractivity contribution is 0.422. The van der Waals surface area contributed by atoms with Gasteiger partial charge in [0.15, 0.2) is 0 Å². The van der Waals surface area contributed by atoms with E-state index in [2.05, 4.69) is 35.1 Å². The van der Waals surface area contributed by atoms with Gasteiger partial charge in [0.05, 0.1) is 5.02 Å². The van der Waals surface area contributed by atoms with Gasteiger partial charge in [0.1, 0.15) is 0 Å². The predicted molar refractivity (Wildman–Crippen MR) is 79.8 cm³/mol. The number of hydrogen-bond donors (Lipinski definition) is 2. The Bertz CT molecular complexity index is 364. The number of rotatable bonds is 6. The van der Waals surface area contributed by atoms with E-state index in [1.54, 1.807) is 0 Å². The molecule has 0 amide bonds. The number of halogens is 2. The number of benzene rings is 1. The molecule has 0 aliphatic carbocycles. The molecule has 0 aliphatic heterocycles. The first kappa shape index (κ1) is 14.8. The van der Waals surface area contributed by atoms with E-state index in [-0.39, 0.29) is 5.54 Å². The maximum absolute atomic E-state index is 6.09. The summed E-state index contributed by atoms with van der Waals surface area (Å²) < 4.78 is 0.912. The van der Waals surface area contributed by atoms with E-state index < -0.39 is 0 Å². The van der Waals surface area contributed by atoms with Crippen molar-refractivity contribution in [2.24, 2.45) is 5.73 Å². The van der Waals surface area contributed by atoms with Crippen LogP contribution in [-0.2, 0) is 0 Å². The maximum Gasteiger partial charge on any atom is 0.0568 e. The SMILES string of the molecule is CCCC(CC)(CN)Nc1ccc(Br)c(Cl)c1. The van der Waals surface area contributed by atoms with Gasteiger partial charge in [0.2, 0.25) is 0 Å². The van der Waals surface area contributed by atoms with Crippen LogP contribution < -0.4 is 11.1 Å². The molecular weight excluding hydrogens is 300 g/mol. The molecule has 1 unspecified atom stereocenters. The first-order valence-corrected chi connectivity index (χ1v) is 7.17. The number of anilines is 1. The van der Waals surface area contributed by atoms with Gasteiger partial charge in [-0.05, 0) is 47.0 Å². The van der Waals surface area contributed by atoms with Crippen molar-refractivity contribution in [2.45, 2.75) is 38.6 Å². The summed E-state index contributed by atoms with van der Waals surface area (Å²) in [6.45, 7) is 4.97. The summed E-state index contributed by atoms with van der Waals surface area (Å²) in [5.74, 6) is 0. The summed E-state index contributed by atoms with van der Waals surface area (Å²) in [6, 6.07) is 5.90. The van der Waals surface area contributed by atoms with Gasteiger partial charge < -0.3 is 11.1 Å². The Hall–Kier alpha value is -0.250. The molecule has 4 heteroatoms. The molecule has 3 N–H and O–H groups in total. The van der Waals surface area contributed by atoms with Crippen molar-refractivity contribution in [3.8, 4) is 0 Å². The standard InChI is InChI=1S/C13H20BrClN2/c1-3-7-13(4-2,9-16)17-10-5-6-11(14)12(15)8-10/h5-6,8,17H,3-4,7,9,16H2,1-2H3. The lowest BCUT2D eigenvalue weighted by atomic mass is 9.90. The molecular formula is C13H20BrClN2. The van der Waals surface area contributed by atoms with Crippen LogP contribution in [0.4, 0.5) is 5.69 Å². The van der Waals surface area contributed by atoms with Crippen LogP contribution in [0.25, 0.3) is 0 Å². The Kier molecular flexibility index (Phi) is 5.77. The van der Waals surface area contributed by atoms with Crippen LogP contribution in [0.5, 0.6) is 0 Å². The third kappa shape index (κ3) is 3.87. The maximum atomic E-state index is 6.09. The molecule has 0 aliphatic rings. The fourth-order valence-corrected chi connectivity index (χ4v) is 2.41. The fourth-order valence-electron chi connectivity index (χ4n) is 1.98. The summed E-state index contributed by atoms with van der Waals surface area (Å²) in [5, 5.41) is 4.25. The summed E-state index contributed by atoms with van der Waals surface area (Å²) in [5.41, 5.74) is 6.92. The van der Waals surface area contributed by atoms with Gasteiger partial charge in [-0.15, -0.1) is 0 Å². The van der Waals surface area contributed by atoms with Crippen LogP contribution in [0.15, 0.2) is 22.7 Å². The van der Waals surface area contributed by atoms with E-state index >= 15 is 0 Å². The molecule has 0 radical (unpaired) electrons. The molecule has 17 heavy (non-hydrogen) atoms. The summed E-state index contributed by atoms with van der Waals surface area (Å²) in [7, 11) is 0. The number of nitrogens with one attached hydrogen (secondary N) is 1. The Balaban J connectivity index is 2.89. The summed E-state index contributed by atoms with van der Waals surface area (Å²) >= 11 is 9.48. The van der Waals surface area contributed by atoms with Gasteiger partial charge in [-0.1, -0.05) is 31.9 Å². The van der Waals surface area contributed by atoms with E-state index in [1.165, 1.54) is 0 Å². The topological polar surface area (TPSA) is 38.0 Å². The molecule has 1 atom stereocenters. The van der Waals surface area contributed by atoms with Crippen LogP contribution in [0.1, 0.15) is 33.1 Å². The van der Waals surface area contributed by atoms with Crippen LogP contribution in [0, 0.1) is 0 Å². The zero-order chi connectivity index (χ0) is 12.9. The molecule has 0 aromatic heterocycles. The van der Waals surface area contributed by atoms with Crippen molar-refractivity contribution in [1.29, 1.82) is 0 Å². The zero-order valence-electron chi connectivity index (χ0n) is 10.4. The van der Waals surface area contributed by atoms with Crippen LogP contribution in [-0.4, -0.2) is 12.1 Å². The van der Waals surface area contributed by atoms with Gasteiger partial charge >= 0.3 is 0 Å². The number of nitrogens with two attached hydrogens (primary N) is 1. The minimum Gasteiger partial charge on any atom is -0.378 e. The Morgan fingerprint density at radius 2 is 2.12 bits per heavy atom. The molecule has 2 nitrogen and oxygen atoms in total. The molecule has 1 rings (SSSR count). The molecule has 0 bridgehead atoms. The summed E-state index contributed by atoms with van der Waals surface area (Å²) in [6.07, 6.45) is 3.18. The highest BCUT2D eigenvalue weighted by atomic mass is 79.9. The van der Waals surface area contributed by atoms with Crippen molar-refractivity contribution in [2.75, 3.05) is 11.9 Å². The molecule has 0 fully saturated rings. The highest BCUT2D eigenvalue weighted by Crippen LogP contribution is 2.29. The highest BCUT2D eigenvalue weighted by molar-refractivity contribution is 9.10. The molecule has 0 saturated carbocycles. The molecule has 96 valence electrons. The van der Waals surface area contributed by atoms with Crippen LogP contribution >= 0.6 is 27.5 Å². The summed E-state index contributed by atoms with van der Waals surface area (Å²) in [4.78, 5) is 0. The van der Waals surface area contributed by atoms with E-state index in [4.69, 9.17) is 17.3 Å². The molecule has 1 aromatic carbocycles. The normalized spacial score (nSPS) is 14.4. The zero-order valence-corrected chi connectivity index (χ0v) is 12.7. The molecule has 1 aromatic rings. The van der Waals surface area contributed by atoms with Gasteiger partial charge in [0, 0.05) is 22.2 Å². The lowest BCUT2D eigenvalue weighted by Gasteiger charge is -2.33. The van der Waals surface area contributed by atoms with Gasteiger partial charge in [-0.2, -0.15) is 0 Å². The Labute approximate surface area is 117 Å². The minimum atomic E-state index is -0.0219. The monoisotopic (exact) mass is 318 g/mol. The van der Waals surface area contributed by atoms with Crippen LogP contribution in [0.3, 0.4) is 0 Å². The van der Waals surface area contributed by atoms with E-state index in [1.807, 2.05) is 18.2 Å². The van der Waals surface area contributed by atoms with Crippen molar-refractivity contribution >= 4 is 33.2 Å². The lowest BCUT2D eigenvalue weighted by Crippen LogP contribution is -2.44. The van der Waals surface area contributed by atoms with Crippen molar-refractivity contribution in [1.82, 2.24) is 0 Å². The Morgan fingerprint density at radius 3 is 2.59 bits per heavy atom. The molecule has 0 spiro atoms. The molecule has 0 heterocycles. The Morgan fingerprint density at radius 1 is 1.41 bits per heavy atom. The average molecular weight is 320 g/mol. The van der Waals surface area contributed by atoms with Crippen molar-refractivity contribution < 1.29 is 0 Å². The quantitative estimate of drug-likeness (QED) is 0.814. The third-order valence-electron chi connectivity index (χ3n) is 3.13. The first-order chi connectivity index (χ1) is 8.06.